The minimum absolute atomic E-state index is 0.00791. The van der Waals surface area contributed by atoms with Crippen LogP contribution in [0.2, 0.25) is 0 Å². The second kappa shape index (κ2) is 19.9. The number of ether oxygens (including phenoxy) is 2. The summed E-state index contributed by atoms with van der Waals surface area (Å²) in [7, 11) is 1.75. The SMILES string of the molecule is CC(C)N(C)C(=O)N[C@H](CCN1CCOCC1)C(=O)C[C@H](CC[C@H](Cc1ccccc1)NC(=O)OCc1cncs1)Cc1ccccc1. The minimum atomic E-state index is -0.597. The van der Waals surface area contributed by atoms with Crippen LogP contribution in [0.3, 0.4) is 0 Å². The van der Waals surface area contributed by atoms with E-state index in [9.17, 15) is 14.4 Å². The van der Waals surface area contributed by atoms with Gasteiger partial charge in [-0.2, -0.15) is 0 Å². The monoisotopic (exact) mass is 677 g/mol. The average molecular weight is 678 g/mol. The summed E-state index contributed by atoms with van der Waals surface area (Å²) < 4.78 is 11.0. The van der Waals surface area contributed by atoms with Gasteiger partial charge in [-0.15, -0.1) is 11.3 Å². The predicted molar refractivity (Wildman–Crippen MR) is 189 cm³/mol. The molecule has 3 aromatic rings. The molecule has 0 bridgehead atoms. The van der Waals surface area contributed by atoms with E-state index in [2.05, 4.69) is 44.8 Å². The molecule has 10 nitrogen and oxygen atoms in total. The molecule has 3 amide bonds. The topological polar surface area (TPSA) is 113 Å². The molecule has 0 unspecified atom stereocenters. The third-order valence-electron chi connectivity index (χ3n) is 8.88. The van der Waals surface area contributed by atoms with Crippen LogP contribution in [0.15, 0.2) is 72.4 Å². The van der Waals surface area contributed by atoms with Crippen molar-refractivity contribution in [3.05, 3.63) is 88.4 Å². The molecule has 1 aliphatic heterocycles. The normalized spacial score (nSPS) is 15.3. The standard InChI is InChI=1S/C37H51N5O5S/c1-28(2)41(3)36(44)40-34(16-17-42-18-20-46-21-19-42)35(43)24-31(22-29-10-6-4-7-11-29)14-15-32(23-30-12-8-5-9-13-30)39-37(45)47-26-33-25-38-27-48-33/h4-13,25,27-28,31-32,34H,14-24,26H2,1-3H3,(H,39,45)(H,40,44)/t31-,32-,34-/m1/s1. The van der Waals surface area contributed by atoms with Crippen molar-refractivity contribution in [1.82, 2.24) is 25.4 Å². The summed E-state index contributed by atoms with van der Waals surface area (Å²) in [6.07, 6.45) is 4.82. The van der Waals surface area contributed by atoms with Crippen LogP contribution in [-0.2, 0) is 33.7 Å². The first-order valence-electron chi connectivity index (χ1n) is 17.0. The van der Waals surface area contributed by atoms with Gasteiger partial charge in [-0.05, 0) is 63.0 Å². The molecule has 4 rings (SSSR count). The Morgan fingerprint density at radius 1 is 0.938 bits per heavy atom. The van der Waals surface area contributed by atoms with Crippen LogP contribution in [0.4, 0.5) is 9.59 Å². The fraction of sp³-hybridized carbons (Fsp3) is 0.514. The lowest BCUT2D eigenvalue weighted by molar-refractivity contribution is -0.122. The lowest BCUT2D eigenvalue weighted by Crippen LogP contribution is -2.50. The van der Waals surface area contributed by atoms with Crippen LogP contribution in [0.25, 0.3) is 0 Å². The lowest BCUT2D eigenvalue weighted by Gasteiger charge is -2.30. The fourth-order valence-corrected chi connectivity index (χ4v) is 6.31. The second-order valence-electron chi connectivity index (χ2n) is 12.8. The lowest BCUT2D eigenvalue weighted by atomic mass is 9.86. The zero-order valence-corrected chi connectivity index (χ0v) is 29.3. The molecular weight excluding hydrogens is 627 g/mol. The van der Waals surface area contributed by atoms with Crippen molar-refractivity contribution in [2.24, 2.45) is 5.92 Å². The van der Waals surface area contributed by atoms with Gasteiger partial charge in [-0.1, -0.05) is 60.7 Å². The highest BCUT2D eigenvalue weighted by Crippen LogP contribution is 2.22. The molecule has 48 heavy (non-hydrogen) atoms. The van der Waals surface area contributed by atoms with Crippen molar-refractivity contribution >= 4 is 29.2 Å². The van der Waals surface area contributed by atoms with Crippen LogP contribution in [-0.4, -0.2) is 90.7 Å². The maximum atomic E-state index is 14.1. The van der Waals surface area contributed by atoms with Crippen molar-refractivity contribution in [2.45, 2.75) is 77.1 Å². The molecule has 0 aliphatic carbocycles. The van der Waals surface area contributed by atoms with Gasteiger partial charge < -0.3 is 25.0 Å². The van der Waals surface area contributed by atoms with Crippen molar-refractivity contribution in [3.63, 3.8) is 0 Å². The van der Waals surface area contributed by atoms with Gasteiger partial charge in [-0.25, -0.2) is 9.59 Å². The first-order valence-corrected chi connectivity index (χ1v) is 17.9. The zero-order chi connectivity index (χ0) is 34.1. The third kappa shape index (κ3) is 13.0. The number of nitrogens with zero attached hydrogens (tertiary/aromatic N) is 3. The zero-order valence-electron chi connectivity index (χ0n) is 28.5. The quantitative estimate of drug-likeness (QED) is 0.177. The van der Waals surface area contributed by atoms with Gasteiger partial charge in [0.05, 0.1) is 29.6 Å². The molecule has 260 valence electrons. The number of rotatable bonds is 18. The number of amides is 3. The second-order valence-corrected chi connectivity index (χ2v) is 13.8. The van der Waals surface area contributed by atoms with Crippen molar-refractivity contribution in [2.75, 3.05) is 39.9 Å². The first kappa shape index (κ1) is 37.0. The number of aromatic nitrogens is 1. The van der Waals surface area contributed by atoms with E-state index in [1.807, 2.05) is 50.2 Å². The summed E-state index contributed by atoms with van der Waals surface area (Å²) >= 11 is 1.44. The summed E-state index contributed by atoms with van der Waals surface area (Å²) in [4.78, 5) is 48.9. The van der Waals surface area contributed by atoms with Crippen LogP contribution in [0.5, 0.6) is 0 Å². The molecule has 0 spiro atoms. The Morgan fingerprint density at radius 2 is 1.60 bits per heavy atom. The Hall–Kier alpha value is -3.80. The largest absolute Gasteiger partial charge is 0.444 e. The smallest absolute Gasteiger partial charge is 0.407 e. The number of thiazole rings is 1. The molecule has 1 aliphatic rings. The molecule has 0 radical (unpaired) electrons. The Balaban J connectivity index is 1.46. The summed E-state index contributed by atoms with van der Waals surface area (Å²) in [5.74, 6) is 0.0463. The number of hydrogen-bond acceptors (Lipinski definition) is 8. The molecule has 1 aromatic heterocycles. The summed E-state index contributed by atoms with van der Waals surface area (Å²) in [5.41, 5.74) is 3.98. The van der Waals surface area contributed by atoms with Crippen LogP contribution in [0.1, 0.15) is 55.5 Å². The third-order valence-corrected chi connectivity index (χ3v) is 9.63. The summed E-state index contributed by atoms with van der Waals surface area (Å²) in [5, 5.41) is 6.15. The Labute approximate surface area is 289 Å². The van der Waals surface area contributed by atoms with Crippen molar-refractivity contribution < 1.29 is 23.9 Å². The van der Waals surface area contributed by atoms with E-state index < -0.39 is 12.1 Å². The average Bonchev–Trinajstić information content (AvgIpc) is 3.63. The van der Waals surface area contributed by atoms with Crippen LogP contribution >= 0.6 is 11.3 Å². The van der Waals surface area contributed by atoms with E-state index in [1.54, 1.807) is 23.7 Å². The molecule has 0 saturated carbocycles. The first-order chi connectivity index (χ1) is 23.3. The molecule has 2 heterocycles. The van der Waals surface area contributed by atoms with E-state index in [0.717, 1.165) is 35.5 Å². The number of Topliss-reactive ketones (excluding diaryl/α,β-unsaturated/α-hetero) is 1. The number of hydrogen-bond donors (Lipinski definition) is 2. The minimum Gasteiger partial charge on any atom is -0.444 e. The van der Waals surface area contributed by atoms with Gasteiger partial charge in [0.2, 0.25) is 0 Å². The number of ketones is 1. The van der Waals surface area contributed by atoms with E-state index in [4.69, 9.17) is 9.47 Å². The van der Waals surface area contributed by atoms with Crippen LogP contribution in [0, 0.1) is 5.92 Å². The summed E-state index contributed by atoms with van der Waals surface area (Å²) in [6.45, 7) is 7.78. The highest BCUT2D eigenvalue weighted by atomic mass is 32.1. The number of benzene rings is 2. The number of urea groups is 1. The van der Waals surface area contributed by atoms with Crippen LogP contribution < -0.4 is 10.6 Å². The summed E-state index contributed by atoms with van der Waals surface area (Å²) in [6, 6.07) is 19.2. The fourth-order valence-electron chi connectivity index (χ4n) is 5.81. The molecule has 1 saturated heterocycles. The van der Waals surface area contributed by atoms with Gasteiger partial charge in [0.1, 0.15) is 6.61 Å². The number of nitrogens with one attached hydrogen (secondary N) is 2. The number of alkyl carbamates (subject to hydrolysis) is 1. The molecule has 11 heteroatoms. The predicted octanol–water partition coefficient (Wildman–Crippen LogP) is 5.72. The van der Waals surface area contributed by atoms with Gasteiger partial charge in [0.25, 0.3) is 0 Å². The molecule has 1 fully saturated rings. The number of carbonyl (C=O) groups is 3. The van der Waals surface area contributed by atoms with E-state index >= 15 is 0 Å². The van der Waals surface area contributed by atoms with Gasteiger partial charge in [0.15, 0.2) is 5.78 Å². The Kier molecular flexibility index (Phi) is 15.3. The maximum Gasteiger partial charge on any atom is 0.407 e. The van der Waals surface area contributed by atoms with E-state index in [1.165, 1.54) is 11.3 Å². The maximum absolute atomic E-state index is 14.1. The van der Waals surface area contributed by atoms with E-state index in [0.29, 0.717) is 51.9 Å². The Morgan fingerprint density at radius 3 is 2.23 bits per heavy atom. The van der Waals surface area contributed by atoms with Gasteiger partial charge >= 0.3 is 12.1 Å². The molecular formula is C37H51N5O5S. The van der Waals surface area contributed by atoms with Crippen molar-refractivity contribution in [3.8, 4) is 0 Å². The van der Waals surface area contributed by atoms with Crippen molar-refractivity contribution in [1.29, 1.82) is 0 Å². The number of carbonyl (C=O) groups excluding carboxylic acids is 3. The number of morpholine rings is 1. The van der Waals surface area contributed by atoms with E-state index in [-0.39, 0.29) is 36.4 Å². The molecule has 3 atom stereocenters. The van der Waals surface area contributed by atoms with Gasteiger partial charge in [0, 0.05) is 51.4 Å². The van der Waals surface area contributed by atoms with Gasteiger partial charge in [-0.3, -0.25) is 14.7 Å². The highest BCUT2D eigenvalue weighted by molar-refractivity contribution is 7.09. The molecule has 2 aromatic carbocycles. The molecule has 2 N–H and O–H groups in total. The Bertz CT molecular complexity index is 1370. The highest BCUT2D eigenvalue weighted by Gasteiger charge is 2.28.